The maximum atomic E-state index is 12.5. The summed E-state index contributed by atoms with van der Waals surface area (Å²) in [5.74, 6) is -0.0831. The van der Waals surface area contributed by atoms with Gasteiger partial charge in [0, 0.05) is 19.8 Å². The molecule has 3 aromatic rings. The first-order valence-electron chi connectivity index (χ1n) is 7.55. The van der Waals surface area contributed by atoms with E-state index in [-0.39, 0.29) is 5.91 Å². The Morgan fingerprint density at radius 2 is 1.74 bits per heavy atom. The minimum absolute atomic E-state index is 0.0831. The molecular formula is C19H19N3O. The fourth-order valence-corrected chi connectivity index (χ4v) is 2.40. The van der Waals surface area contributed by atoms with Crippen LogP contribution in [0.25, 0.3) is 5.69 Å². The van der Waals surface area contributed by atoms with Gasteiger partial charge in [-0.2, -0.15) is 5.10 Å². The monoisotopic (exact) mass is 305 g/mol. The molecule has 0 saturated heterocycles. The Morgan fingerprint density at radius 3 is 2.43 bits per heavy atom. The molecule has 4 nitrogen and oxygen atoms in total. The molecule has 1 heterocycles. The van der Waals surface area contributed by atoms with Crippen LogP contribution in [0.5, 0.6) is 0 Å². The number of aryl methyl sites for hydroxylation is 1. The molecule has 0 radical (unpaired) electrons. The number of benzene rings is 2. The molecule has 0 bridgehead atoms. The largest absolute Gasteiger partial charge is 0.336 e. The minimum atomic E-state index is -0.0831. The third-order valence-electron chi connectivity index (χ3n) is 3.72. The van der Waals surface area contributed by atoms with Crippen molar-refractivity contribution in [3.63, 3.8) is 0 Å². The van der Waals surface area contributed by atoms with E-state index < -0.39 is 0 Å². The van der Waals surface area contributed by atoms with Crippen LogP contribution in [-0.4, -0.2) is 27.6 Å². The van der Waals surface area contributed by atoms with E-state index in [1.54, 1.807) is 22.7 Å². The summed E-state index contributed by atoms with van der Waals surface area (Å²) in [6, 6.07) is 19.7. The van der Waals surface area contributed by atoms with E-state index in [2.05, 4.69) is 24.2 Å². The molecule has 0 N–H and O–H groups in total. The van der Waals surface area contributed by atoms with Gasteiger partial charge in [-0.3, -0.25) is 4.79 Å². The molecule has 3 rings (SSSR count). The highest BCUT2D eigenvalue weighted by Crippen LogP contribution is 2.11. The number of carbonyl (C=O) groups is 1. The van der Waals surface area contributed by atoms with E-state index in [1.165, 1.54) is 5.56 Å². The van der Waals surface area contributed by atoms with Crippen molar-refractivity contribution >= 4 is 5.91 Å². The van der Waals surface area contributed by atoms with Gasteiger partial charge >= 0.3 is 0 Å². The standard InChI is InChI=1S/C19H19N3O/c1-15-8-10-16(11-9-15)14-21(2)19(23)18-12-13-22(20-18)17-6-4-3-5-7-17/h3-13H,14H2,1-2H3. The Morgan fingerprint density at radius 1 is 1.04 bits per heavy atom. The Balaban J connectivity index is 1.72. The molecule has 4 heteroatoms. The summed E-state index contributed by atoms with van der Waals surface area (Å²) in [4.78, 5) is 14.2. The number of nitrogens with zero attached hydrogens (tertiary/aromatic N) is 3. The third-order valence-corrected chi connectivity index (χ3v) is 3.72. The topological polar surface area (TPSA) is 38.1 Å². The molecule has 0 spiro atoms. The smallest absolute Gasteiger partial charge is 0.274 e. The van der Waals surface area contributed by atoms with E-state index in [0.717, 1.165) is 11.3 Å². The lowest BCUT2D eigenvalue weighted by molar-refractivity contribution is 0.0779. The van der Waals surface area contributed by atoms with Crippen molar-refractivity contribution in [2.24, 2.45) is 0 Å². The van der Waals surface area contributed by atoms with Crippen molar-refractivity contribution in [1.29, 1.82) is 0 Å². The zero-order valence-electron chi connectivity index (χ0n) is 13.3. The van der Waals surface area contributed by atoms with E-state index in [0.29, 0.717) is 12.2 Å². The summed E-state index contributed by atoms with van der Waals surface area (Å²) < 4.78 is 1.72. The summed E-state index contributed by atoms with van der Waals surface area (Å²) in [5.41, 5.74) is 3.70. The quantitative estimate of drug-likeness (QED) is 0.740. The molecule has 1 amide bonds. The minimum Gasteiger partial charge on any atom is -0.336 e. The van der Waals surface area contributed by atoms with E-state index in [9.17, 15) is 4.79 Å². The number of carbonyl (C=O) groups excluding carboxylic acids is 1. The number of hydrogen-bond donors (Lipinski definition) is 0. The molecule has 0 unspecified atom stereocenters. The van der Waals surface area contributed by atoms with Gasteiger partial charge in [-0.1, -0.05) is 48.0 Å². The fraction of sp³-hybridized carbons (Fsp3) is 0.158. The first-order chi connectivity index (χ1) is 11.1. The number of rotatable bonds is 4. The third kappa shape index (κ3) is 3.48. The average Bonchev–Trinajstić information content (AvgIpc) is 3.07. The van der Waals surface area contributed by atoms with Crippen LogP contribution in [0.1, 0.15) is 21.6 Å². The predicted molar refractivity (Wildman–Crippen MR) is 90.5 cm³/mol. The van der Waals surface area contributed by atoms with Gasteiger partial charge in [-0.25, -0.2) is 4.68 Å². The van der Waals surface area contributed by atoms with Crippen molar-refractivity contribution in [3.05, 3.63) is 83.7 Å². The highest BCUT2D eigenvalue weighted by atomic mass is 16.2. The zero-order valence-corrected chi connectivity index (χ0v) is 13.3. The number of amides is 1. The lowest BCUT2D eigenvalue weighted by atomic mass is 10.1. The van der Waals surface area contributed by atoms with Crippen LogP contribution in [0.4, 0.5) is 0 Å². The summed E-state index contributed by atoms with van der Waals surface area (Å²) in [5, 5.41) is 4.38. The second-order valence-electron chi connectivity index (χ2n) is 5.63. The highest BCUT2D eigenvalue weighted by molar-refractivity contribution is 5.92. The number of aromatic nitrogens is 2. The molecule has 23 heavy (non-hydrogen) atoms. The molecule has 0 atom stereocenters. The van der Waals surface area contributed by atoms with Crippen molar-refractivity contribution in [2.45, 2.75) is 13.5 Å². The van der Waals surface area contributed by atoms with Crippen LogP contribution in [0, 0.1) is 6.92 Å². The average molecular weight is 305 g/mol. The lowest BCUT2D eigenvalue weighted by Gasteiger charge is -2.16. The van der Waals surface area contributed by atoms with Gasteiger partial charge in [0.15, 0.2) is 5.69 Å². The van der Waals surface area contributed by atoms with Crippen LogP contribution < -0.4 is 0 Å². The maximum absolute atomic E-state index is 12.5. The van der Waals surface area contributed by atoms with E-state index >= 15 is 0 Å². The molecule has 0 aliphatic rings. The molecule has 0 aliphatic heterocycles. The van der Waals surface area contributed by atoms with Gasteiger partial charge in [0.25, 0.3) is 5.91 Å². The van der Waals surface area contributed by atoms with Crippen LogP contribution in [0.15, 0.2) is 66.9 Å². The van der Waals surface area contributed by atoms with E-state index in [1.807, 2.05) is 48.7 Å². The van der Waals surface area contributed by atoms with Crippen molar-refractivity contribution < 1.29 is 4.79 Å². The van der Waals surface area contributed by atoms with Crippen molar-refractivity contribution in [1.82, 2.24) is 14.7 Å². The molecule has 0 aliphatic carbocycles. The second-order valence-corrected chi connectivity index (χ2v) is 5.63. The van der Waals surface area contributed by atoms with Crippen molar-refractivity contribution in [3.8, 4) is 5.69 Å². The van der Waals surface area contributed by atoms with Gasteiger partial charge in [0.1, 0.15) is 0 Å². The Bertz CT molecular complexity index is 791. The molecule has 0 saturated carbocycles. The summed E-state index contributed by atoms with van der Waals surface area (Å²) in [6.45, 7) is 2.62. The molecule has 1 aromatic heterocycles. The van der Waals surface area contributed by atoms with Gasteiger partial charge in [-0.05, 0) is 30.7 Å². The molecule has 0 fully saturated rings. The second kappa shape index (κ2) is 6.48. The highest BCUT2D eigenvalue weighted by Gasteiger charge is 2.15. The van der Waals surface area contributed by atoms with Crippen LogP contribution in [0.3, 0.4) is 0 Å². The first kappa shape index (κ1) is 15.0. The SMILES string of the molecule is Cc1ccc(CN(C)C(=O)c2ccn(-c3ccccc3)n2)cc1. The fourth-order valence-electron chi connectivity index (χ4n) is 2.40. The van der Waals surface area contributed by atoms with Gasteiger partial charge < -0.3 is 4.90 Å². The first-order valence-corrected chi connectivity index (χ1v) is 7.55. The molecule has 116 valence electrons. The van der Waals surface area contributed by atoms with Gasteiger partial charge in [0.05, 0.1) is 5.69 Å². The molecular weight excluding hydrogens is 286 g/mol. The Labute approximate surface area is 136 Å². The maximum Gasteiger partial charge on any atom is 0.274 e. The predicted octanol–water partition coefficient (Wildman–Crippen LogP) is 3.45. The van der Waals surface area contributed by atoms with Crippen LogP contribution >= 0.6 is 0 Å². The summed E-state index contributed by atoms with van der Waals surface area (Å²) >= 11 is 0. The van der Waals surface area contributed by atoms with Crippen LogP contribution in [-0.2, 0) is 6.54 Å². The zero-order chi connectivity index (χ0) is 16.2. The number of para-hydroxylation sites is 1. The summed E-state index contributed by atoms with van der Waals surface area (Å²) in [6.07, 6.45) is 1.81. The van der Waals surface area contributed by atoms with E-state index in [4.69, 9.17) is 0 Å². The Kier molecular flexibility index (Phi) is 4.24. The van der Waals surface area contributed by atoms with Crippen LogP contribution in [0.2, 0.25) is 0 Å². The van der Waals surface area contributed by atoms with Gasteiger partial charge in [-0.15, -0.1) is 0 Å². The molecule has 2 aromatic carbocycles. The number of hydrogen-bond acceptors (Lipinski definition) is 2. The van der Waals surface area contributed by atoms with Gasteiger partial charge in [0.2, 0.25) is 0 Å². The Hall–Kier alpha value is -2.88. The lowest BCUT2D eigenvalue weighted by Crippen LogP contribution is -2.26. The summed E-state index contributed by atoms with van der Waals surface area (Å²) in [7, 11) is 1.80. The normalized spacial score (nSPS) is 10.5. The van der Waals surface area contributed by atoms with Crippen molar-refractivity contribution in [2.75, 3.05) is 7.05 Å².